The fourth-order valence-electron chi connectivity index (χ4n) is 0.800. The maximum Gasteiger partial charge on any atom is 0.330 e. The molecule has 0 bridgehead atoms. The third kappa shape index (κ3) is 2.92. The molecule has 14 heavy (non-hydrogen) atoms. The first-order chi connectivity index (χ1) is 6.65. The van der Waals surface area contributed by atoms with Crippen LogP contribution in [0.25, 0.3) is 6.08 Å². The van der Waals surface area contributed by atoms with Gasteiger partial charge in [-0.2, -0.15) is 0 Å². The number of ether oxygens (including phenoxy) is 1. The van der Waals surface area contributed by atoms with Crippen molar-refractivity contribution in [2.24, 2.45) is 0 Å². The Balaban J connectivity index is 2.96. The minimum Gasteiger partial charge on any atom is -0.466 e. The van der Waals surface area contributed by atoms with Crippen LogP contribution in [0.4, 0.5) is 0 Å². The predicted molar refractivity (Wildman–Crippen MR) is 60.7 cm³/mol. The quantitative estimate of drug-likeness (QED) is 0.621. The Morgan fingerprint density at radius 3 is 2.50 bits per heavy atom. The molecule has 1 aromatic heterocycles. The zero-order chi connectivity index (χ0) is 10.6. The van der Waals surface area contributed by atoms with Gasteiger partial charge >= 0.3 is 5.97 Å². The van der Waals surface area contributed by atoms with Crippen molar-refractivity contribution in [1.82, 2.24) is 4.98 Å². The van der Waals surface area contributed by atoms with E-state index in [9.17, 15) is 4.79 Å². The molecule has 0 aliphatic carbocycles. The number of carbonyl (C=O) groups excluding carboxylic acids is 1. The molecule has 0 unspecified atom stereocenters. The lowest BCUT2D eigenvalue weighted by Gasteiger charge is -1.99. The normalized spacial score (nSPS) is 10.5. The van der Waals surface area contributed by atoms with Gasteiger partial charge in [0.25, 0.3) is 0 Å². The molecule has 0 aromatic carbocycles. The van der Waals surface area contributed by atoms with Crippen molar-refractivity contribution in [3.05, 3.63) is 33.0 Å². The van der Waals surface area contributed by atoms with Gasteiger partial charge in [0.05, 0.1) is 7.11 Å². The molecule has 1 aromatic rings. The van der Waals surface area contributed by atoms with Crippen LogP contribution < -0.4 is 0 Å². The molecule has 3 nitrogen and oxygen atoms in total. The molecule has 5 heteroatoms. The van der Waals surface area contributed by atoms with Gasteiger partial charge in [0.2, 0.25) is 0 Å². The predicted octanol–water partition coefficient (Wildman–Crippen LogP) is 2.79. The largest absolute Gasteiger partial charge is 0.466 e. The molecule has 0 saturated carbocycles. The van der Waals surface area contributed by atoms with Gasteiger partial charge in [-0.3, -0.25) is 4.98 Å². The average molecular weight is 321 g/mol. The van der Waals surface area contributed by atoms with E-state index in [4.69, 9.17) is 0 Å². The monoisotopic (exact) mass is 319 g/mol. The summed E-state index contributed by atoms with van der Waals surface area (Å²) in [6, 6.07) is 0. The first-order valence-electron chi connectivity index (χ1n) is 3.70. The lowest BCUT2D eigenvalue weighted by molar-refractivity contribution is -0.134. The van der Waals surface area contributed by atoms with E-state index in [1.54, 1.807) is 18.5 Å². The van der Waals surface area contributed by atoms with E-state index in [1.165, 1.54) is 13.2 Å². The number of hydrogen-bond acceptors (Lipinski definition) is 3. The van der Waals surface area contributed by atoms with E-state index in [2.05, 4.69) is 41.6 Å². The molecule has 1 heterocycles. The van der Waals surface area contributed by atoms with E-state index < -0.39 is 0 Å². The van der Waals surface area contributed by atoms with Gasteiger partial charge < -0.3 is 4.74 Å². The topological polar surface area (TPSA) is 39.2 Å². The summed E-state index contributed by atoms with van der Waals surface area (Å²) in [7, 11) is 1.34. The van der Waals surface area contributed by atoms with Gasteiger partial charge in [0.15, 0.2) is 0 Å². The summed E-state index contributed by atoms with van der Waals surface area (Å²) < 4.78 is 6.10. The van der Waals surface area contributed by atoms with Crippen LogP contribution in [0.1, 0.15) is 5.56 Å². The molecule has 0 fully saturated rings. The maximum absolute atomic E-state index is 10.9. The van der Waals surface area contributed by atoms with Crippen molar-refractivity contribution < 1.29 is 9.53 Å². The Morgan fingerprint density at radius 1 is 1.43 bits per heavy atom. The van der Waals surface area contributed by atoms with Crippen LogP contribution in [0.15, 0.2) is 27.4 Å². The van der Waals surface area contributed by atoms with Crippen LogP contribution >= 0.6 is 31.9 Å². The molecule has 0 amide bonds. The number of pyridine rings is 1. The van der Waals surface area contributed by atoms with Gasteiger partial charge in [-0.25, -0.2) is 4.79 Å². The van der Waals surface area contributed by atoms with Crippen molar-refractivity contribution in [3.63, 3.8) is 0 Å². The number of halogens is 2. The third-order valence-corrected chi connectivity index (χ3v) is 2.74. The summed E-state index contributed by atoms with van der Waals surface area (Å²) in [5.41, 5.74) is 0.852. The first-order valence-corrected chi connectivity index (χ1v) is 5.28. The third-order valence-electron chi connectivity index (χ3n) is 1.48. The standard InChI is InChI=1S/C9H7Br2NO2/c1-14-9(13)3-2-6-7(10)4-12-5-8(6)11/h2-5H,1H3. The van der Waals surface area contributed by atoms with E-state index in [0.717, 1.165) is 14.5 Å². The Hall–Kier alpha value is -0.680. The number of hydrogen-bond donors (Lipinski definition) is 0. The molecule has 0 radical (unpaired) electrons. The second-order valence-electron chi connectivity index (χ2n) is 2.37. The number of aromatic nitrogens is 1. The number of rotatable bonds is 2. The highest BCUT2D eigenvalue weighted by Crippen LogP contribution is 2.24. The summed E-state index contributed by atoms with van der Waals surface area (Å²) in [6.45, 7) is 0. The molecule has 0 aliphatic heterocycles. The first kappa shape index (κ1) is 11.4. The molecular weight excluding hydrogens is 314 g/mol. The Bertz CT molecular complexity index is 357. The summed E-state index contributed by atoms with van der Waals surface area (Å²) in [6.07, 6.45) is 6.32. The highest BCUT2D eigenvalue weighted by molar-refractivity contribution is 9.11. The zero-order valence-electron chi connectivity index (χ0n) is 7.33. The highest BCUT2D eigenvalue weighted by atomic mass is 79.9. The molecule has 1 rings (SSSR count). The lowest BCUT2D eigenvalue weighted by Crippen LogP contribution is -1.93. The average Bonchev–Trinajstić information content (AvgIpc) is 2.16. The van der Waals surface area contributed by atoms with Crippen LogP contribution in [0.3, 0.4) is 0 Å². The molecule has 0 aliphatic rings. The van der Waals surface area contributed by atoms with Gasteiger partial charge in [0.1, 0.15) is 0 Å². The minimum absolute atomic E-state index is 0.388. The zero-order valence-corrected chi connectivity index (χ0v) is 10.5. The van der Waals surface area contributed by atoms with Crippen molar-refractivity contribution in [2.45, 2.75) is 0 Å². The van der Waals surface area contributed by atoms with Crippen molar-refractivity contribution >= 4 is 43.9 Å². The number of esters is 1. The number of methoxy groups -OCH3 is 1. The highest BCUT2D eigenvalue weighted by Gasteiger charge is 2.02. The molecule has 0 atom stereocenters. The summed E-state index contributed by atoms with van der Waals surface area (Å²) in [5, 5.41) is 0. The molecule has 0 N–H and O–H groups in total. The van der Waals surface area contributed by atoms with Crippen molar-refractivity contribution in [2.75, 3.05) is 7.11 Å². The Labute approximate surface area is 98.4 Å². The van der Waals surface area contributed by atoms with Gasteiger partial charge in [-0.15, -0.1) is 0 Å². The Morgan fingerprint density at radius 2 is 2.00 bits per heavy atom. The fourth-order valence-corrected chi connectivity index (χ4v) is 1.99. The van der Waals surface area contributed by atoms with Crippen LogP contribution in [0, 0.1) is 0 Å². The Kier molecular flexibility index (Phi) is 4.28. The van der Waals surface area contributed by atoms with Crippen LogP contribution in [-0.4, -0.2) is 18.1 Å². The lowest BCUT2D eigenvalue weighted by atomic mass is 10.2. The van der Waals surface area contributed by atoms with E-state index >= 15 is 0 Å². The second-order valence-corrected chi connectivity index (χ2v) is 4.08. The summed E-state index contributed by atoms with van der Waals surface area (Å²) in [4.78, 5) is 14.8. The van der Waals surface area contributed by atoms with E-state index in [-0.39, 0.29) is 5.97 Å². The van der Waals surface area contributed by atoms with E-state index in [1.807, 2.05) is 0 Å². The smallest absolute Gasteiger partial charge is 0.330 e. The molecule has 0 saturated heterocycles. The minimum atomic E-state index is -0.388. The molecule has 74 valence electrons. The summed E-state index contributed by atoms with van der Waals surface area (Å²) in [5.74, 6) is -0.388. The van der Waals surface area contributed by atoms with Gasteiger partial charge in [-0.1, -0.05) is 0 Å². The SMILES string of the molecule is COC(=O)C=Cc1c(Br)cncc1Br. The van der Waals surface area contributed by atoms with Crippen LogP contribution in [-0.2, 0) is 9.53 Å². The second kappa shape index (κ2) is 5.26. The maximum atomic E-state index is 10.9. The van der Waals surface area contributed by atoms with Crippen LogP contribution in [0.2, 0.25) is 0 Å². The molecular formula is C9H7Br2NO2. The molecule has 0 spiro atoms. The van der Waals surface area contributed by atoms with Crippen LogP contribution in [0.5, 0.6) is 0 Å². The van der Waals surface area contributed by atoms with Gasteiger partial charge in [0, 0.05) is 33.0 Å². The number of carbonyl (C=O) groups is 1. The van der Waals surface area contributed by atoms with Crippen molar-refractivity contribution in [1.29, 1.82) is 0 Å². The van der Waals surface area contributed by atoms with Crippen molar-refractivity contribution in [3.8, 4) is 0 Å². The number of nitrogens with zero attached hydrogens (tertiary/aromatic N) is 1. The fraction of sp³-hybridized carbons (Fsp3) is 0.111. The summed E-state index contributed by atoms with van der Waals surface area (Å²) >= 11 is 6.65. The van der Waals surface area contributed by atoms with E-state index in [0.29, 0.717) is 0 Å². The van der Waals surface area contributed by atoms with Gasteiger partial charge in [-0.05, 0) is 37.9 Å².